The molecular weight excluding hydrogens is 444 g/mol. The summed E-state index contributed by atoms with van der Waals surface area (Å²) in [4.78, 5) is 32.4. The lowest BCUT2D eigenvalue weighted by molar-refractivity contribution is -0.130. The number of phenolic OH excluding ortho intramolecular Hbond substituents is 1. The number of nitrogens with zero attached hydrogens (tertiary/aromatic N) is 5. The number of aromatic hydroxyl groups is 1. The summed E-state index contributed by atoms with van der Waals surface area (Å²) < 4.78 is 1.26. The van der Waals surface area contributed by atoms with Gasteiger partial charge in [-0.25, -0.2) is 4.79 Å². The summed E-state index contributed by atoms with van der Waals surface area (Å²) in [6.07, 6.45) is 4.99. The molecule has 10 heteroatoms. The van der Waals surface area contributed by atoms with Crippen molar-refractivity contribution in [1.29, 1.82) is 0 Å². The first-order valence-corrected chi connectivity index (χ1v) is 11.0. The SMILES string of the molecule is CC(=O)N1CCN(CCNC(=O)n2cc(-c3ccncc3)c(-c3cc(O)cc(Cl)c3)n2)CC1. The molecule has 9 nitrogen and oxygen atoms in total. The van der Waals surface area contributed by atoms with Gasteiger partial charge in [-0.15, -0.1) is 0 Å². The van der Waals surface area contributed by atoms with Crippen molar-refractivity contribution in [2.75, 3.05) is 39.3 Å². The van der Waals surface area contributed by atoms with Crippen molar-refractivity contribution in [2.24, 2.45) is 0 Å². The van der Waals surface area contributed by atoms with E-state index in [-0.39, 0.29) is 17.7 Å². The monoisotopic (exact) mass is 468 g/mol. The van der Waals surface area contributed by atoms with Crippen LogP contribution >= 0.6 is 11.6 Å². The van der Waals surface area contributed by atoms with Crippen LogP contribution in [0.4, 0.5) is 4.79 Å². The van der Waals surface area contributed by atoms with Crippen molar-refractivity contribution >= 4 is 23.5 Å². The Morgan fingerprint density at radius 3 is 2.48 bits per heavy atom. The minimum absolute atomic E-state index is 0.0158. The van der Waals surface area contributed by atoms with E-state index < -0.39 is 0 Å². The van der Waals surface area contributed by atoms with E-state index >= 15 is 0 Å². The van der Waals surface area contributed by atoms with Gasteiger partial charge in [-0.05, 0) is 35.9 Å². The first kappa shape index (κ1) is 22.8. The van der Waals surface area contributed by atoms with Crippen molar-refractivity contribution < 1.29 is 14.7 Å². The second kappa shape index (κ2) is 10.0. The quantitative estimate of drug-likeness (QED) is 0.596. The highest BCUT2D eigenvalue weighted by Crippen LogP contribution is 2.34. The first-order chi connectivity index (χ1) is 15.9. The van der Waals surface area contributed by atoms with Gasteiger partial charge in [0.25, 0.3) is 0 Å². The Balaban J connectivity index is 1.48. The van der Waals surface area contributed by atoms with Crippen LogP contribution in [0, 0.1) is 0 Å². The van der Waals surface area contributed by atoms with Gasteiger partial charge in [0.1, 0.15) is 11.4 Å². The number of pyridine rings is 1. The molecule has 0 radical (unpaired) electrons. The highest BCUT2D eigenvalue weighted by molar-refractivity contribution is 6.31. The van der Waals surface area contributed by atoms with Crippen LogP contribution in [0.3, 0.4) is 0 Å². The normalized spacial score (nSPS) is 14.3. The summed E-state index contributed by atoms with van der Waals surface area (Å²) in [6.45, 7) is 5.69. The molecule has 3 heterocycles. The molecular formula is C23H25ClN6O3. The molecule has 1 aliphatic rings. The fourth-order valence-electron chi connectivity index (χ4n) is 3.83. The smallest absolute Gasteiger partial charge is 0.342 e. The molecule has 0 aliphatic carbocycles. The predicted octanol–water partition coefficient (Wildman–Crippen LogP) is 2.69. The summed E-state index contributed by atoms with van der Waals surface area (Å²) in [7, 11) is 0. The number of nitrogens with one attached hydrogen (secondary N) is 1. The number of hydrogen-bond donors (Lipinski definition) is 2. The Morgan fingerprint density at radius 1 is 1.09 bits per heavy atom. The molecule has 1 fully saturated rings. The molecule has 33 heavy (non-hydrogen) atoms. The zero-order valence-electron chi connectivity index (χ0n) is 18.2. The van der Waals surface area contributed by atoms with E-state index in [2.05, 4.69) is 20.3 Å². The van der Waals surface area contributed by atoms with Gasteiger partial charge in [-0.2, -0.15) is 9.78 Å². The fourth-order valence-corrected chi connectivity index (χ4v) is 4.06. The van der Waals surface area contributed by atoms with Crippen LogP contribution in [-0.2, 0) is 4.79 Å². The molecule has 1 aromatic carbocycles. The summed E-state index contributed by atoms with van der Waals surface area (Å²) in [5.41, 5.74) is 2.67. The fraction of sp³-hybridized carbons (Fsp3) is 0.304. The van der Waals surface area contributed by atoms with Crippen molar-refractivity contribution in [3.63, 3.8) is 0 Å². The van der Waals surface area contributed by atoms with Gasteiger partial charge >= 0.3 is 6.03 Å². The Morgan fingerprint density at radius 2 is 1.82 bits per heavy atom. The van der Waals surface area contributed by atoms with Gasteiger partial charge in [0.05, 0.1) is 0 Å². The molecule has 3 aromatic rings. The van der Waals surface area contributed by atoms with Crippen molar-refractivity contribution in [1.82, 2.24) is 29.9 Å². The third kappa shape index (κ3) is 5.50. The number of halogens is 1. The number of phenols is 1. The second-order valence-electron chi connectivity index (χ2n) is 7.85. The maximum Gasteiger partial charge on any atom is 0.342 e. The lowest BCUT2D eigenvalue weighted by Crippen LogP contribution is -2.49. The molecule has 2 N–H and O–H groups in total. The zero-order valence-corrected chi connectivity index (χ0v) is 19.0. The highest BCUT2D eigenvalue weighted by Gasteiger charge is 2.20. The van der Waals surface area contributed by atoms with Crippen LogP contribution < -0.4 is 5.32 Å². The van der Waals surface area contributed by atoms with Gasteiger partial charge < -0.3 is 15.3 Å². The average Bonchev–Trinajstić information content (AvgIpc) is 3.25. The van der Waals surface area contributed by atoms with Crippen LogP contribution in [0.5, 0.6) is 5.75 Å². The van der Waals surface area contributed by atoms with Gasteiger partial charge in [-0.1, -0.05) is 11.6 Å². The van der Waals surface area contributed by atoms with Crippen molar-refractivity contribution in [2.45, 2.75) is 6.92 Å². The van der Waals surface area contributed by atoms with Crippen LogP contribution in [0.1, 0.15) is 6.92 Å². The Labute approximate surface area is 196 Å². The number of amides is 2. The Bertz CT molecular complexity index is 1120. The third-order valence-corrected chi connectivity index (χ3v) is 5.81. The standard InChI is InChI=1S/C23H25ClN6O3/c1-16(31)29-10-8-28(9-11-29)7-6-26-23(33)30-15-21(17-2-4-25-5-3-17)22(27-30)18-12-19(24)14-20(32)13-18/h2-5,12-15,32H,6-11H2,1H3,(H,26,33). The molecule has 0 bridgehead atoms. The van der Waals surface area contributed by atoms with E-state index in [1.165, 1.54) is 10.7 Å². The number of piperazine rings is 1. The first-order valence-electron chi connectivity index (χ1n) is 10.7. The van der Waals surface area contributed by atoms with Crippen molar-refractivity contribution in [3.05, 3.63) is 53.9 Å². The molecule has 2 amide bonds. The average molecular weight is 469 g/mol. The van der Waals surface area contributed by atoms with Crippen LogP contribution in [-0.4, -0.2) is 80.9 Å². The minimum atomic E-state index is -0.356. The number of hydrogen-bond acceptors (Lipinski definition) is 6. The summed E-state index contributed by atoms with van der Waals surface area (Å²) in [5.74, 6) is 0.109. The minimum Gasteiger partial charge on any atom is -0.508 e. The summed E-state index contributed by atoms with van der Waals surface area (Å²) in [5, 5.41) is 17.7. The molecule has 1 saturated heterocycles. The number of carbonyl (C=O) groups is 2. The largest absolute Gasteiger partial charge is 0.508 e. The maximum atomic E-state index is 12.8. The van der Waals surface area contributed by atoms with E-state index in [0.29, 0.717) is 42.5 Å². The maximum absolute atomic E-state index is 12.8. The number of benzene rings is 1. The van der Waals surface area contributed by atoms with Gasteiger partial charge in [0, 0.05) is 80.9 Å². The third-order valence-electron chi connectivity index (χ3n) is 5.59. The zero-order chi connectivity index (χ0) is 23.4. The predicted molar refractivity (Wildman–Crippen MR) is 125 cm³/mol. The summed E-state index contributed by atoms with van der Waals surface area (Å²) >= 11 is 6.13. The van der Waals surface area contributed by atoms with E-state index in [9.17, 15) is 14.7 Å². The van der Waals surface area contributed by atoms with Crippen LogP contribution in [0.2, 0.25) is 5.02 Å². The van der Waals surface area contributed by atoms with E-state index in [0.717, 1.165) is 24.2 Å². The molecule has 4 rings (SSSR count). The summed E-state index contributed by atoms with van der Waals surface area (Å²) in [6, 6.07) is 7.99. The van der Waals surface area contributed by atoms with Gasteiger partial charge in [0.2, 0.25) is 5.91 Å². The lowest BCUT2D eigenvalue weighted by Gasteiger charge is -2.34. The lowest BCUT2D eigenvalue weighted by atomic mass is 10.0. The van der Waals surface area contributed by atoms with E-state index in [1.54, 1.807) is 37.6 Å². The molecule has 0 atom stereocenters. The molecule has 0 saturated carbocycles. The highest BCUT2D eigenvalue weighted by atomic mass is 35.5. The Hall–Kier alpha value is -3.43. The molecule has 1 aliphatic heterocycles. The van der Waals surface area contributed by atoms with Gasteiger partial charge in [-0.3, -0.25) is 14.7 Å². The molecule has 0 unspecified atom stereocenters. The number of carbonyl (C=O) groups excluding carboxylic acids is 2. The molecule has 2 aromatic heterocycles. The van der Waals surface area contributed by atoms with Crippen molar-refractivity contribution in [3.8, 4) is 28.1 Å². The molecule has 0 spiro atoms. The molecule has 172 valence electrons. The van der Waals surface area contributed by atoms with Crippen LogP contribution in [0.25, 0.3) is 22.4 Å². The van der Waals surface area contributed by atoms with Crippen LogP contribution in [0.15, 0.2) is 48.9 Å². The second-order valence-corrected chi connectivity index (χ2v) is 8.29. The number of aromatic nitrogens is 3. The Kier molecular flexibility index (Phi) is 6.90. The van der Waals surface area contributed by atoms with Gasteiger partial charge in [0.15, 0.2) is 0 Å². The topological polar surface area (TPSA) is 104 Å². The van der Waals surface area contributed by atoms with E-state index in [1.807, 2.05) is 17.0 Å². The number of rotatable bonds is 5. The van der Waals surface area contributed by atoms with E-state index in [4.69, 9.17) is 11.6 Å².